The number of aromatic nitrogens is 3. The zero-order valence-electron chi connectivity index (χ0n) is 11.5. The van der Waals surface area contributed by atoms with E-state index in [1.807, 2.05) is 19.9 Å². The second kappa shape index (κ2) is 6.81. The van der Waals surface area contributed by atoms with Crippen molar-refractivity contribution in [1.82, 2.24) is 15.0 Å². The molecule has 0 spiro atoms. The van der Waals surface area contributed by atoms with Gasteiger partial charge in [-0.15, -0.1) is 0 Å². The van der Waals surface area contributed by atoms with Gasteiger partial charge in [0.2, 0.25) is 5.88 Å². The first-order valence-electron chi connectivity index (χ1n) is 6.40. The minimum absolute atomic E-state index is 0.191. The van der Waals surface area contributed by atoms with E-state index in [1.54, 1.807) is 12.3 Å². The number of rotatable bonds is 6. The highest BCUT2D eigenvalue weighted by Gasteiger charge is 2.02. The molecule has 0 bridgehead atoms. The van der Waals surface area contributed by atoms with E-state index in [0.717, 1.165) is 5.56 Å². The van der Waals surface area contributed by atoms with E-state index in [0.29, 0.717) is 24.8 Å². The van der Waals surface area contributed by atoms with Crippen molar-refractivity contribution < 1.29 is 9.47 Å². The quantitative estimate of drug-likeness (QED) is 0.811. The number of hydrogen-bond donors (Lipinski definition) is 1. The minimum Gasteiger partial charge on any atom is -0.475 e. The van der Waals surface area contributed by atoms with E-state index in [4.69, 9.17) is 9.47 Å². The summed E-state index contributed by atoms with van der Waals surface area (Å²) in [5, 5.41) is 0. The lowest BCUT2D eigenvalue weighted by Gasteiger charge is -2.08. The van der Waals surface area contributed by atoms with Crippen LogP contribution >= 0.6 is 0 Å². The summed E-state index contributed by atoms with van der Waals surface area (Å²) in [4.78, 5) is 21.9. The first kappa shape index (κ1) is 14.2. The third-order valence-corrected chi connectivity index (χ3v) is 2.49. The first-order valence-corrected chi connectivity index (χ1v) is 6.40. The molecule has 0 aliphatic heterocycles. The fourth-order valence-electron chi connectivity index (χ4n) is 1.57. The van der Waals surface area contributed by atoms with Gasteiger partial charge in [0.1, 0.15) is 6.61 Å². The van der Waals surface area contributed by atoms with Gasteiger partial charge in [-0.1, -0.05) is 0 Å². The predicted octanol–water partition coefficient (Wildman–Crippen LogP) is 1.64. The Kier molecular flexibility index (Phi) is 4.84. The van der Waals surface area contributed by atoms with Crippen molar-refractivity contribution in [3.63, 3.8) is 0 Å². The molecule has 0 saturated carbocycles. The molecule has 106 valence electrons. The third-order valence-electron chi connectivity index (χ3n) is 2.49. The normalized spacial score (nSPS) is 10.8. The molecule has 0 aliphatic carbocycles. The van der Waals surface area contributed by atoms with E-state index < -0.39 is 0 Å². The standard InChI is InChI=1S/C14H17N3O3/c1-10(2)19-5-6-20-14-4-3-11(8-15-14)12-7-13(18)17-9-16-12/h3-4,7-10H,5-6H2,1-2H3,(H,16,17,18). The maximum Gasteiger partial charge on any atom is 0.251 e. The van der Waals surface area contributed by atoms with Gasteiger partial charge in [0.05, 0.1) is 24.7 Å². The van der Waals surface area contributed by atoms with Crippen molar-refractivity contribution in [1.29, 1.82) is 0 Å². The molecule has 2 heterocycles. The molecule has 0 aromatic carbocycles. The van der Waals surface area contributed by atoms with Crippen LogP contribution < -0.4 is 10.3 Å². The van der Waals surface area contributed by atoms with Crippen LogP contribution in [0.25, 0.3) is 11.3 Å². The lowest BCUT2D eigenvalue weighted by molar-refractivity contribution is 0.0542. The molecule has 0 aliphatic rings. The lowest BCUT2D eigenvalue weighted by Crippen LogP contribution is -2.11. The van der Waals surface area contributed by atoms with Crippen molar-refractivity contribution in [2.75, 3.05) is 13.2 Å². The van der Waals surface area contributed by atoms with Crippen LogP contribution in [0.4, 0.5) is 0 Å². The topological polar surface area (TPSA) is 77.1 Å². The summed E-state index contributed by atoms with van der Waals surface area (Å²) in [6, 6.07) is 4.98. The van der Waals surface area contributed by atoms with Crippen LogP contribution in [0.15, 0.2) is 35.5 Å². The molecule has 1 N–H and O–H groups in total. The van der Waals surface area contributed by atoms with Gasteiger partial charge in [0.15, 0.2) is 0 Å². The number of nitrogens with zero attached hydrogens (tertiary/aromatic N) is 2. The van der Waals surface area contributed by atoms with Crippen molar-refractivity contribution in [3.8, 4) is 17.1 Å². The molecule has 2 aromatic rings. The highest BCUT2D eigenvalue weighted by molar-refractivity contribution is 5.57. The van der Waals surface area contributed by atoms with Crippen LogP contribution in [-0.2, 0) is 4.74 Å². The Labute approximate surface area is 116 Å². The van der Waals surface area contributed by atoms with E-state index in [-0.39, 0.29) is 11.7 Å². The number of H-pyrrole nitrogens is 1. The van der Waals surface area contributed by atoms with Crippen molar-refractivity contribution in [2.45, 2.75) is 20.0 Å². The van der Waals surface area contributed by atoms with Gasteiger partial charge in [0.25, 0.3) is 5.56 Å². The molecule has 6 nitrogen and oxygen atoms in total. The Bertz CT molecular complexity index is 593. The minimum atomic E-state index is -0.193. The molecule has 0 atom stereocenters. The molecule has 0 amide bonds. The summed E-state index contributed by atoms with van der Waals surface area (Å²) in [7, 11) is 0. The van der Waals surface area contributed by atoms with E-state index in [1.165, 1.54) is 12.4 Å². The van der Waals surface area contributed by atoms with Gasteiger partial charge in [-0.3, -0.25) is 4.79 Å². The number of aromatic amines is 1. The first-order chi connectivity index (χ1) is 9.65. The Morgan fingerprint density at radius 3 is 2.75 bits per heavy atom. The summed E-state index contributed by atoms with van der Waals surface area (Å²) in [5.41, 5.74) is 1.15. The highest BCUT2D eigenvalue weighted by atomic mass is 16.5. The zero-order valence-corrected chi connectivity index (χ0v) is 11.5. The fourth-order valence-corrected chi connectivity index (χ4v) is 1.57. The molecule has 0 unspecified atom stereocenters. The van der Waals surface area contributed by atoms with Crippen LogP contribution in [0.2, 0.25) is 0 Å². The maximum atomic E-state index is 11.2. The second-order valence-electron chi connectivity index (χ2n) is 4.45. The molecular formula is C14H17N3O3. The number of hydrogen-bond acceptors (Lipinski definition) is 5. The SMILES string of the molecule is CC(C)OCCOc1ccc(-c2cc(=O)[nH]cn2)cn1. The average molecular weight is 275 g/mol. The zero-order chi connectivity index (χ0) is 14.4. The molecule has 6 heteroatoms. The van der Waals surface area contributed by atoms with Crippen molar-refractivity contribution in [2.24, 2.45) is 0 Å². The van der Waals surface area contributed by atoms with E-state index in [9.17, 15) is 4.79 Å². The number of nitrogens with one attached hydrogen (secondary N) is 1. The van der Waals surface area contributed by atoms with E-state index >= 15 is 0 Å². The largest absolute Gasteiger partial charge is 0.475 e. The Balaban J connectivity index is 1.94. The molecule has 2 aromatic heterocycles. The molecule has 2 rings (SSSR count). The molecule has 20 heavy (non-hydrogen) atoms. The van der Waals surface area contributed by atoms with Gasteiger partial charge in [-0.25, -0.2) is 9.97 Å². The van der Waals surface area contributed by atoms with Crippen molar-refractivity contribution in [3.05, 3.63) is 41.1 Å². The third kappa shape index (κ3) is 4.17. The van der Waals surface area contributed by atoms with Crippen LogP contribution in [0.3, 0.4) is 0 Å². The maximum absolute atomic E-state index is 11.2. The fraction of sp³-hybridized carbons (Fsp3) is 0.357. The highest BCUT2D eigenvalue weighted by Crippen LogP contribution is 2.16. The smallest absolute Gasteiger partial charge is 0.251 e. The lowest BCUT2D eigenvalue weighted by atomic mass is 10.2. The summed E-state index contributed by atoms with van der Waals surface area (Å²) in [6.07, 6.45) is 3.18. The summed E-state index contributed by atoms with van der Waals surface area (Å²) in [6.45, 7) is 4.92. The average Bonchev–Trinajstić information content (AvgIpc) is 2.44. The molecule has 0 fully saturated rings. The van der Waals surface area contributed by atoms with Gasteiger partial charge >= 0.3 is 0 Å². The molecule has 0 saturated heterocycles. The van der Waals surface area contributed by atoms with Crippen LogP contribution in [-0.4, -0.2) is 34.3 Å². The summed E-state index contributed by atoms with van der Waals surface area (Å²) >= 11 is 0. The van der Waals surface area contributed by atoms with Gasteiger partial charge in [-0.2, -0.15) is 0 Å². The number of ether oxygens (including phenoxy) is 2. The number of pyridine rings is 1. The van der Waals surface area contributed by atoms with Crippen molar-refractivity contribution >= 4 is 0 Å². The van der Waals surface area contributed by atoms with Crippen LogP contribution in [0.1, 0.15) is 13.8 Å². The van der Waals surface area contributed by atoms with Gasteiger partial charge < -0.3 is 14.5 Å². The Morgan fingerprint density at radius 2 is 2.10 bits per heavy atom. The second-order valence-corrected chi connectivity index (χ2v) is 4.45. The van der Waals surface area contributed by atoms with Gasteiger partial charge in [0, 0.05) is 23.9 Å². The predicted molar refractivity (Wildman–Crippen MR) is 74.7 cm³/mol. The van der Waals surface area contributed by atoms with Gasteiger partial charge in [-0.05, 0) is 19.9 Å². The monoisotopic (exact) mass is 275 g/mol. The summed E-state index contributed by atoms with van der Waals surface area (Å²) < 4.78 is 10.8. The Morgan fingerprint density at radius 1 is 1.25 bits per heavy atom. The van der Waals surface area contributed by atoms with Crippen LogP contribution in [0.5, 0.6) is 5.88 Å². The van der Waals surface area contributed by atoms with Crippen LogP contribution in [0, 0.1) is 0 Å². The molecular weight excluding hydrogens is 258 g/mol. The molecule has 0 radical (unpaired) electrons. The summed E-state index contributed by atoms with van der Waals surface area (Å²) in [5.74, 6) is 0.519. The Hall–Kier alpha value is -2.21. The van der Waals surface area contributed by atoms with E-state index in [2.05, 4.69) is 15.0 Å².